The molecule has 0 heterocycles. The van der Waals surface area contributed by atoms with E-state index in [1.54, 1.807) is 0 Å². The lowest BCUT2D eigenvalue weighted by molar-refractivity contribution is 0.132. The lowest BCUT2D eigenvalue weighted by atomic mass is 9.88. The van der Waals surface area contributed by atoms with Crippen molar-refractivity contribution in [2.45, 2.75) is 33.2 Å². The van der Waals surface area contributed by atoms with E-state index in [2.05, 4.69) is 54.2 Å². The maximum absolute atomic E-state index is 9.37. The third-order valence-electron chi connectivity index (χ3n) is 3.44. The standard InChI is InChI=1S/C14H22BrNO/c1-4-14(3,10-17)9-16-11(2)12-7-5-6-8-13(12)15/h5-8,11,16-17H,4,9-10H2,1-3H3/t11-,14?/m1/s1. The van der Waals surface area contributed by atoms with Gasteiger partial charge in [0, 0.05) is 29.1 Å². The van der Waals surface area contributed by atoms with Crippen LogP contribution in [0.5, 0.6) is 0 Å². The van der Waals surface area contributed by atoms with Crippen LogP contribution in [0.3, 0.4) is 0 Å². The number of aliphatic hydroxyl groups excluding tert-OH is 1. The predicted octanol–water partition coefficient (Wildman–Crippen LogP) is 3.51. The minimum atomic E-state index is -0.0322. The van der Waals surface area contributed by atoms with Gasteiger partial charge in [-0.1, -0.05) is 48.0 Å². The Morgan fingerprint density at radius 1 is 1.41 bits per heavy atom. The first-order valence-electron chi connectivity index (χ1n) is 6.11. The molecule has 0 aliphatic rings. The summed E-state index contributed by atoms with van der Waals surface area (Å²) in [5, 5.41) is 12.9. The fourth-order valence-electron chi connectivity index (χ4n) is 1.63. The van der Waals surface area contributed by atoms with Crippen LogP contribution in [0.1, 0.15) is 38.8 Å². The Morgan fingerprint density at radius 3 is 2.59 bits per heavy atom. The third-order valence-corrected chi connectivity index (χ3v) is 4.16. The highest BCUT2D eigenvalue weighted by atomic mass is 79.9. The highest BCUT2D eigenvalue weighted by molar-refractivity contribution is 9.10. The van der Waals surface area contributed by atoms with E-state index in [-0.39, 0.29) is 18.1 Å². The molecule has 0 fully saturated rings. The van der Waals surface area contributed by atoms with Crippen LogP contribution in [0.2, 0.25) is 0 Å². The van der Waals surface area contributed by atoms with Crippen molar-refractivity contribution in [2.75, 3.05) is 13.2 Å². The average molecular weight is 300 g/mol. The summed E-state index contributed by atoms with van der Waals surface area (Å²) in [6.45, 7) is 7.41. The molecular weight excluding hydrogens is 278 g/mol. The Balaban J connectivity index is 2.62. The fraction of sp³-hybridized carbons (Fsp3) is 0.571. The van der Waals surface area contributed by atoms with Gasteiger partial charge in [0.2, 0.25) is 0 Å². The number of hydrogen-bond acceptors (Lipinski definition) is 2. The summed E-state index contributed by atoms with van der Waals surface area (Å²) in [4.78, 5) is 0. The maximum atomic E-state index is 9.37. The van der Waals surface area contributed by atoms with E-state index in [0.29, 0.717) is 0 Å². The summed E-state index contributed by atoms with van der Waals surface area (Å²) in [7, 11) is 0. The summed E-state index contributed by atoms with van der Waals surface area (Å²) in [6.07, 6.45) is 0.971. The number of rotatable bonds is 6. The van der Waals surface area contributed by atoms with Crippen LogP contribution in [-0.2, 0) is 0 Å². The van der Waals surface area contributed by atoms with Gasteiger partial charge in [-0.15, -0.1) is 0 Å². The van der Waals surface area contributed by atoms with Crippen molar-refractivity contribution in [1.82, 2.24) is 5.32 Å². The monoisotopic (exact) mass is 299 g/mol. The predicted molar refractivity (Wildman–Crippen MR) is 76.0 cm³/mol. The lowest BCUT2D eigenvalue weighted by Gasteiger charge is -2.28. The second-order valence-electron chi connectivity index (χ2n) is 4.95. The zero-order valence-corrected chi connectivity index (χ0v) is 12.4. The second kappa shape index (κ2) is 6.53. The van der Waals surface area contributed by atoms with Gasteiger partial charge in [-0.2, -0.15) is 0 Å². The normalized spacial score (nSPS) is 16.5. The van der Waals surface area contributed by atoms with Crippen LogP contribution < -0.4 is 5.32 Å². The van der Waals surface area contributed by atoms with E-state index in [9.17, 15) is 5.11 Å². The van der Waals surface area contributed by atoms with Crippen molar-refractivity contribution in [3.05, 3.63) is 34.3 Å². The maximum Gasteiger partial charge on any atom is 0.0496 e. The van der Waals surface area contributed by atoms with Gasteiger partial charge in [-0.3, -0.25) is 0 Å². The second-order valence-corrected chi connectivity index (χ2v) is 5.80. The topological polar surface area (TPSA) is 32.3 Å². The molecule has 0 aromatic heterocycles. The first-order chi connectivity index (χ1) is 8.02. The fourth-order valence-corrected chi connectivity index (χ4v) is 2.26. The van der Waals surface area contributed by atoms with Crippen LogP contribution in [-0.4, -0.2) is 18.3 Å². The average Bonchev–Trinajstić information content (AvgIpc) is 2.36. The largest absolute Gasteiger partial charge is 0.396 e. The van der Waals surface area contributed by atoms with E-state index in [0.717, 1.165) is 17.4 Å². The van der Waals surface area contributed by atoms with Crippen LogP contribution in [0.4, 0.5) is 0 Å². The molecule has 0 aliphatic heterocycles. The number of nitrogens with one attached hydrogen (secondary N) is 1. The quantitative estimate of drug-likeness (QED) is 0.842. The SMILES string of the molecule is CCC(C)(CO)CN[C@H](C)c1ccccc1Br. The number of benzene rings is 1. The zero-order valence-electron chi connectivity index (χ0n) is 10.8. The molecule has 0 radical (unpaired) electrons. The Bertz CT molecular complexity index is 350. The number of aliphatic hydroxyl groups is 1. The van der Waals surface area contributed by atoms with E-state index in [1.807, 2.05) is 12.1 Å². The van der Waals surface area contributed by atoms with Gasteiger partial charge in [-0.05, 0) is 25.0 Å². The summed E-state index contributed by atoms with van der Waals surface area (Å²) < 4.78 is 1.13. The number of hydrogen-bond donors (Lipinski definition) is 2. The summed E-state index contributed by atoms with van der Waals surface area (Å²) in [5.41, 5.74) is 1.22. The molecule has 2 atom stereocenters. The van der Waals surface area contributed by atoms with Gasteiger partial charge in [0.05, 0.1) is 0 Å². The zero-order chi connectivity index (χ0) is 12.9. The molecule has 0 bridgehead atoms. The van der Waals surface area contributed by atoms with Gasteiger partial charge in [0.15, 0.2) is 0 Å². The molecule has 1 aromatic carbocycles. The van der Waals surface area contributed by atoms with Gasteiger partial charge in [0.25, 0.3) is 0 Å². The smallest absolute Gasteiger partial charge is 0.0496 e. The first kappa shape index (κ1) is 14.7. The number of halogens is 1. The van der Waals surface area contributed by atoms with E-state index in [1.165, 1.54) is 5.56 Å². The molecule has 2 N–H and O–H groups in total. The van der Waals surface area contributed by atoms with Gasteiger partial charge >= 0.3 is 0 Å². The summed E-state index contributed by atoms with van der Waals surface area (Å²) in [6, 6.07) is 8.51. The highest BCUT2D eigenvalue weighted by Crippen LogP contribution is 2.25. The Kier molecular flexibility index (Phi) is 5.63. The van der Waals surface area contributed by atoms with Gasteiger partial charge < -0.3 is 10.4 Å². The third kappa shape index (κ3) is 4.09. The van der Waals surface area contributed by atoms with E-state index >= 15 is 0 Å². The van der Waals surface area contributed by atoms with Crippen molar-refractivity contribution in [2.24, 2.45) is 5.41 Å². The molecule has 1 unspecified atom stereocenters. The molecular formula is C14H22BrNO. The van der Waals surface area contributed by atoms with Gasteiger partial charge in [0.1, 0.15) is 0 Å². The minimum absolute atomic E-state index is 0.0322. The van der Waals surface area contributed by atoms with E-state index < -0.39 is 0 Å². The molecule has 0 saturated carbocycles. The Morgan fingerprint density at radius 2 is 2.06 bits per heavy atom. The van der Waals surface area contributed by atoms with Crippen LogP contribution in [0.25, 0.3) is 0 Å². The van der Waals surface area contributed by atoms with Crippen molar-refractivity contribution >= 4 is 15.9 Å². The lowest BCUT2D eigenvalue weighted by Crippen LogP contribution is -2.35. The molecule has 96 valence electrons. The van der Waals surface area contributed by atoms with Crippen LogP contribution in [0, 0.1) is 5.41 Å². The van der Waals surface area contributed by atoms with Gasteiger partial charge in [-0.25, -0.2) is 0 Å². The first-order valence-corrected chi connectivity index (χ1v) is 6.90. The summed E-state index contributed by atoms with van der Waals surface area (Å²) in [5.74, 6) is 0. The molecule has 0 saturated heterocycles. The highest BCUT2D eigenvalue weighted by Gasteiger charge is 2.21. The van der Waals surface area contributed by atoms with E-state index in [4.69, 9.17) is 0 Å². The molecule has 3 heteroatoms. The van der Waals surface area contributed by atoms with Crippen molar-refractivity contribution in [3.63, 3.8) is 0 Å². The molecule has 1 rings (SSSR count). The molecule has 0 aliphatic carbocycles. The molecule has 17 heavy (non-hydrogen) atoms. The Labute approximate surface area is 113 Å². The molecule has 1 aromatic rings. The minimum Gasteiger partial charge on any atom is -0.396 e. The molecule has 2 nitrogen and oxygen atoms in total. The molecule has 0 amide bonds. The van der Waals surface area contributed by atoms with Crippen LogP contribution in [0.15, 0.2) is 28.7 Å². The van der Waals surface area contributed by atoms with Crippen LogP contribution >= 0.6 is 15.9 Å². The Hall–Kier alpha value is -0.380. The van der Waals surface area contributed by atoms with Crippen molar-refractivity contribution in [1.29, 1.82) is 0 Å². The molecule has 0 spiro atoms. The van der Waals surface area contributed by atoms with Crippen molar-refractivity contribution in [3.8, 4) is 0 Å². The summed E-state index contributed by atoms with van der Waals surface area (Å²) >= 11 is 3.56. The van der Waals surface area contributed by atoms with Crippen molar-refractivity contribution < 1.29 is 5.11 Å².